The van der Waals surface area contributed by atoms with Crippen LogP contribution in [0.25, 0.3) is 0 Å². The fourth-order valence-electron chi connectivity index (χ4n) is 2.50. The van der Waals surface area contributed by atoms with Crippen molar-refractivity contribution in [1.29, 1.82) is 0 Å². The lowest BCUT2D eigenvalue weighted by atomic mass is 10.0. The number of hydrogen-bond donors (Lipinski definition) is 1. The van der Waals surface area contributed by atoms with Crippen molar-refractivity contribution in [2.75, 3.05) is 23.7 Å². The highest BCUT2D eigenvalue weighted by molar-refractivity contribution is 6.09. The summed E-state index contributed by atoms with van der Waals surface area (Å²) in [6.07, 6.45) is 0. The van der Waals surface area contributed by atoms with Gasteiger partial charge < -0.3 is 10.6 Å². The largest absolute Gasteiger partial charge is 0.397 e. The van der Waals surface area contributed by atoms with Crippen molar-refractivity contribution in [2.24, 2.45) is 0 Å². The van der Waals surface area contributed by atoms with Gasteiger partial charge in [-0.1, -0.05) is 0 Å². The molecule has 2 rings (SSSR count). The fraction of sp³-hybridized carbons (Fsp3) is 0.278. The molecule has 4 heteroatoms. The van der Waals surface area contributed by atoms with Gasteiger partial charge in [0.1, 0.15) is 5.82 Å². The maximum absolute atomic E-state index is 13.3. The van der Waals surface area contributed by atoms with E-state index in [2.05, 4.69) is 18.7 Å². The van der Waals surface area contributed by atoms with Gasteiger partial charge in [0.2, 0.25) is 0 Å². The molecule has 0 heterocycles. The van der Waals surface area contributed by atoms with Gasteiger partial charge >= 0.3 is 0 Å². The number of aryl methyl sites for hydroxylation is 1. The van der Waals surface area contributed by atoms with Crippen LogP contribution >= 0.6 is 0 Å². The number of benzene rings is 2. The van der Waals surface area contributed by atoms with Gasteiger partial charge in [-0.3, -0.25) is 4.79 Å². The lowest BCUT2D eigenvalue weighted by Gasteiger charge is -2.23. The molecule has 2 aromatic carbocycles. The van der Waals surface area contributed by atoms with E-state index < -0.39 is 0 Å². The first kappa shape index (κ1) is 16.0. The standard InChI is InChI=1S/C18H21FN2O/c1-4-21(5-2)17-9-7-14(11-16(17)20)18(22)13-6-8-15(19)12(3)10-13/h6-11H,4-5,20H2,1-3H3. The Morgan fingerprint density at radius 1 is 1.09 bits per heavy atom. The number of ketones is 1. The van der Waals surface area contributed by atoms with Gasteiger partial charge in [0.25, 0.3) is 0 Å². The number of halogens is 1. The summed E-state index contributed by atoms with van der Waals surface area (Å²) < 4.78 is 13.3. The highest BCUT2D eigenvalue weighted by Crippen LogP contribution is 2.25. The minimum atomic E-state index is -0.312. The zero-order valence-electron chi connectivity index (χ0n) is 13.2. The molecule has 2 aromatic rings. The maximum atomic E-state index is 13.3. The monoisotopic (exact) mass is 300 g/mol. The Kier molecular flexibility index (Phi) is 4.81. The second-order valence-corrected chi connectivity index (χ2v) is 5.24. The van der Waals surface area contributed by atoms with Gasteiger partial charge in [0.15, 0.2) is 5.78 Å². The van der Waals surface area contributed by atoms with Crippen molar-refractivity contribution in [2.45, 2.75) is 20.8 Å². The first-order chi connectivity index (χ1) is 10.5. The van der Waals surface area contributed by atoms with Crippen LogP contribution in [-0.4, -0.2) is 18.9 Å². The van der Waals surface area contributed by atoms with E-state index in [0.29, 0.717) is 22.4 Å². The van der Waals surface area contributed by atoms with Gasteiger partial charge in [0, 0.05) is 24.2 Å². The lowest BCUT2D eigenvalue weighted by molar-refractivity contribution is 0.103. The van der Waals surface area contributed by atoms with Gasteiger partial charge in [-0.15, -0.1) is 0 Å². The Morgan fingerprint density at radius 3 is 2.23 bits per heavy atom. The highest BCUT2D eigenvalue weighted by atomic mass is 19.1. The Labute approximate surface area is 130 Å². The first-order valence-electron chi connectivity index (χ1n) is 7.43. The summed E-state index contributed by atoms with van der Waals surface area (Å²) in [5, 5.41) is 0. The Balaban J connectivity index is 2.35. The van der Waals surface area contributed by atoms with E-state index in [1.165, 1.54) is 12.1 Å². The van der Waals surface area contributed by atoms with E-state index in [1.807, 2.05) is 6.07 Å². The number of nitrogens with two attached hydrogens (primary N) is 1. The van der Waals surface area contributed by atoms with Crippen LogP contribution in [-0.2, 0) is 0 Å². The molecular formula is C18H21FN2O. The van der Waals surface area contributed by atoms with Crippen LogP contribution in [0.3, 0.4) is 0 Å². The minimum absolute atomic E-state index is 0.152. The predicted octanol–water partition coefficient (Wildman–Crippen LogP) is 3.79. The van der Waals surface area contributed by atoms with Crippen molar-refractivity contribution in [1.82, 2.24) is 0 Å². The van der Waals surface area contributed by atoms with E-state index in [9.17, 15) is 9.18 Å². The van der Waals surface area contributed by atoms with Crippen molar-refractivity contribution < 1.29 is 9.18 Å². The Hall–Kier alpha value is -2.36. The van der Waals surface area contributed by atoms with Crippen LogP contribution in [0.4, 0.5) is 15.8 Å². The number of rotatable bonds is 5. The Bertz CT molecular complexity index is 693. The molecule has 0 fully saturated rings. The van der Waals surface area contributed by atoms with Gasteiger partial charge in [-0.2, -0.15) is 0 Å². The van der Waals surface area contributed by atoms with Crippen molar-refractivity contribution in [3.63, 3.8) is 0 Å². The number of carbonyl (C=O) groups is 1. The van der Waals surface area contributed by atoms with Gasteiger partial charge in [-0.25, -0.2) is 4.39 Å². The molecule has 0 aliphatic heterocycles. The second-order valence-electron chi connectivity index (χ2n) is 5.24. The molecule has 0 atom stereocenters. The van der Waals surface area contributed by atoms with E-state index >= 15 is 0 Å². The van der Waals surface area contributed by atoms with Crippen molar-refractivity contribution in [3.05, 3.63) is 58.9 Å². The highest BCUT2D eigenvalue weighted by Gasteiger charge is 2.13. The van der Waals surface area contributed by atoms with Crippen LogP contribution in [0.15, 0.2) is 36.4 Å². The van der Waals surface area contributed by atoms with E-state index in [4.69, 9.17) is 5.73 Å². The normalized spacial score (nSPS) is 10.5. The zero-order valence-corrected chi connectivity index (χ0v) is 13.2. The SMILES string of the molecule is CCN(CC)c1ccc(C(=O)c2ccc(F)c(C)c2)cc1N. The molecule has 0 saturated heterocycles. The van der Waals surface area contributed by atoms with Crippen molar-refractivity contribution >= 4 is 17.2 Å². The van der Waals surface area contributed by atoms with Crippen LogP contribution in [0, 0.1) is 12.7 Å². The number of nitrogen functional groups attached to an aromatic ring is 1. The molecule has 116 valence electrons. The summed E-state index contributed by atoms with van der Waals surface area (Å²) in [6.45, 7) is 7.47. The average molecular weight is 300 g/mol. The van der Waals surface area contributed by atoms with Crippen LogP contribution in [0.5, 0.6) is 0 Å². The second kappa shape index (κ2) is 6.60. The number of nitrogens with zero attached hydrogens (tertiary/aromatic N) is 1. The molecule has 0 unspecified atom stereocenters. The summed E-state index contributed by atoms with van der Waals surface area (Å²) in [6, 6.07) is 9.70. The molecule has 0 saturated carbocycles. The molecule has 0 radical (unpaired) electrons. The predicted molar refractivity (Wildman–Crippen MR) is 89.0 cm³/mol. The number of anilines is 2. The molecule has 0 aromatic heterocycles. The Morgan fingerprint density at radius 2 is 1.68 bits per heavy atom. The number of carbonyl (C=O) groups excluding carboxylic acids is 1. The van der Waals surface area contributed by atoms with Crippen LogP contribution < -0.4 is 10.6 Å². The van der Waals surface area contributed by atoms with E-state index in [-0.39, 0.29) is 11.6 Å². The summed E-state index contributed by atoms with van der Waals surface area (Å²) >= 11 is 0. The third-order valence-corrected chi connectivity index (χ3v) is 3.81. The first-order valence-corrected chi connectivity index (χ1v) is 7.43. The van der Waals surface area contributed by atoms with Gasteiger partial charge in [-0.05, 0) is 62.7 Å². The molecule has 0 aliphatic rings. The third kappa shape index (κ3) is 3.11. The van der Waals surface area contributed by atoms with Crippen LogP contribution in [0.1, 0.15) is 35.3 Å². The van der Waals surface area contributed by atoms with E-state index in [1.54, 1.807) is 25.1 Å². The average Bonchev–Trinajstić information content (AvgIpc) is 2.52. The smallest absolute Gasteiger partial charge is 0.193 e. The molecule has 22 heavy (non-hydrogen) atoms. The molecule has 2 N–H and O–H groups in total. The quantitative estimate of drug-likeness (QED) is 0.675. The molecular weight excluding hydrogens is 279 g/mol. The molecule has 3 nitrogen and oxygen atoms in total. The minimum Gasteiger partial charge on any atom is -0.397 e. The molecule has 0 amide bonds. The number of hydrogen-bond acceptors (Lipinski definition) is 3. The van der Waals surface area contributed by atoms with E-state index in [0.717, 1.165) is 18.8 Å². The van der Waals surface area contributed by atoms with Crippen molar-refractivity contribution in [3.8, 4) is 0 Å². The summed E-state index contributed by atoms with van der Waals surface area (Å²) in [5.74, 6) is -0.464. The lowest BCUT2D eigenvalue weighted by Crippen LogP contribution is -2.23. The summed E-state index contributed by atoms with van der Waals surface area (Å²) in [5.41, 5.74) is 9.03. The maximum Gasteiger partial charge on any atom is 0.193 e. The molecule has 0 aliphatic carbocycles. The summed E-state index contributed by atoms with van der Waals surface area (Å²) in [4.78, 5) is 14.6. The van der Waals surface area contributed by atoms with Gasteiger partial charge in [0.05, 0.1) is 11.4 Å². The topological polar surface area (TPSA) is 46.3 Å². The van der Waals surface area contributed by atoms with Crippen LogP contribution in [0.2, 0.25) is 0 Å². The molecule has 0 spiro atoms. The fourth-order valence-corrected chi connectivity index (χ4v) is 2.50. The summed E-state index contributed by atoms with van der Waals surface area (Å²) in [7, 11) is 0. The third-order valence-electron chi connectivity index (χ3n) is 3.81. The zero-order chi connectivity index (χ0) is 16.3. The molecule has 0 bridgehead atoms.